The first-order chi connectivity index (χ1) is 19.7. The van der Waals surface area contributed by atoms with Gasteiger partial charge in [0, 0.05) is 47.5 Å². The highest BCUT2D eigenvalue weighted by Gasteiger charge is 2.35. The molecule has 3 heterocycles. The molecule has 0 radical (unpaired) electrons. The molecule has 0 saturated carbocycles. The fourth-order valence-electron chi connectivity index (χ4n) is 4.65. The quantitative estimate of drug-likeness (QED) is 0.316. The number of nitrogens with zero attached hydrogens (tertiary/aromatic N) is 3. The molecule has 5 rings (SSSR count). The van der Waals surface area contributed by atoms with E-state index in [9.17, 15) is 14.0 Å². The normalized spacial score (nSPS) is 20.5. The lowest BCUT2D eigenvalue weighted by Crippen LogP contribution is -2.53. The summed E-state index contributed by atoms with van der Waals surface area (Å²) in [6.45, 7) is 2.44. The summed E-state index contributed by atoms with van der Waals surface area (Å²) in [6.07, 6.45) is 4.35. The van der Waals surface area contributed by atoms with Gasteiger partial charge in [-0.3, -0.25) is 9.59 Å². The molecule has 2 unspecified atom stereocenters. The topological polar surface area (TPSA) is 98.8 Å². The van der Waals surface area contributed by atoms with E-state index in [-0.39, 0.29) is 29.4 Å². The molecule has 13 heteroatoms. The minimum atomic E-state index is -0.581. The van der Waals surface area contributed by atoms with Gasteiger partial charge in [-0.15, -0.1) is 11.3 Å². The molecule has 3 N–H and O–H groups in total. The van der Waals surface area contributed by atoms with Gasteiger partial charge in [-0.1, -0.05) is 11.6 Å². The van der Waals surface area contributed by atoms with E-state index in [0.717, 1.165) is 47.1 Å². The SMILES string of the molecule is CN1CCC(Oc2ccc(-c3ncc(CNC(=O)C4CC(C(=O)Nc5ccc(F)c(Cl)c5)N(C)SN4)s3)cc2)CC1. The summed E-state index contributed by atoms with van der Waals surface area (Å²) >= 11 is 8.54. The van der Waals surface area contributed by atoms with E-state index in [1.165, 1.54) is 41.7 Å². The van der Waals surface area contributed by atoms with Gasteiger partial charge in [-0.2, -0.15) is 0 Å². The first-order valence-corrected chi connectivity index (χ1v) is 15.3. The Hall–Kier alpha value is -2.74. The second-order valence-electron chi connectivity index (χ2n) is 10.2. The van der Waals surface area contributed by atoms with Crippen LogP contribution in [0, 0.1) is 5.82 Å². The van der Waals surface area contributed by atoms with E-state index in [2.05, 4.69) is 32.3 Å². The molecular weight excluding hydrogens is 587 g/mol. The van der Waals surface area contributed by atoms with Crippen molar-refractivity contribution >= 4 is 52.6 Å². The number of likely N-dealkylation sites (tertiary alicyclic amines) is 1. The van der Waals surface area contributed by atoms with E-state index < -0.39 is 17.9 Å². The lowest BCUT2D eigenvalue weighted by molar-refractivity contribution is -0.124. The summed E-state index contributed by atoms with van der Waals surface area (Å²) < 4.78 is 24.4. The zero-order chi connectivity index (χ0) is 28.9. The van der Waals surface area contributed by atoms with Crippen LogP contribution in [-0.2, 0) is 16.1 Å². The average molecular weight is 619 g/mol. The number of aromatic nitrogens is 1. The van der Waals surface area contributed by atoms with Crippen LogP contribution in [0.25, 0.3) is 10.6 Å². The van der Waals surface area contributed by atoms with Gasteiger partial charge in [0.2, 0.25) is 11.8 Å². The van der Waals surface area contributed by atoms with E-state index in [1.807, 2.05) is 24.3 Å². The molecule has 2 amide bonds. The van der Waals surface area contributed by atoms with E-state index >= 15 is 0 Å². The van der Waals surface area contributed by atoms with Crippen molar-refractivity contribution in [1.29, 1.82) is 0 Å². The third-order valence-electron chi connectivity index (χ3n) is 7.10. The van der Waals surface area contributed by atoms with Crippen molar-refractivity contribution in [3.05, 3.63) is 64.4 Å². The number of halogens is 2. The molecule has 41 heavy (non-hydrogen) atoms. The van der Waals surface area contributed by atoms with Crippen molar-refractivity contribution in [3.63, 3.8) is 0 Å². The number of thiazole rings is 1. The summed E-state index contributed by atoms with van der Waals surface area (Å²) in [4.78, 5) is 33.6. The van der Waals surface area contributed by atoms with Gasteiger partial charge in [0.05, 0.1) is 17.6 Å². The molecule has 3 aromatic rings. The van der Waals surface area contributed by atoms with Gasteiger partial charge in [-0.25, -0.2) is 18.4 Å². The molecule has 1 aromatic heterocycles. The Morgan fingerprint density at radius 3 is 2.63 bits per heavy atom. The minimum Gasteiger partial charge on any atom is -0.490 e. The van der Waals surface area contributed by atoms with Crippen LogP contribution in [-0.4, -0.2) is 71.4 Å². The number of amides is 2. The summed E-state index contributed by atoms with van der Waals surface area (Å²) in [7, 11) is 3.90. The molecule has 2 aliphatic rings. The van der Waals surface area contributed by atoms with Crippen LogP contribution in [0.15, 0.2) is 48.7 Å². The van der Waals surface area contributed by atoms with Crippen LogP contribution in [0.2, 0.25) is 5.02 Å². The van der Waals surface area contributed by atoms with Gasteiger partial charge >= 0.3 is 0 Å². The highest BCUT2D eigenvalue weighted by molar-refractivity contribution is 7.95. The summed E-state index contributed by atoms with van der Waals surface area (Å²) in [6, 6.07) is 10.8. The van der Waals surface area contributed by atoms with Crippen LogP contribution in [0.5, 0.6) is 5.75 Å². The van der Waals surface area contributed by atoms with Crippen molar-refractivity contribution in [1.82, 2.24) is 24.2 Å². The molecule has 2 aromatic carbocycles. The Morgan fingerprint density at radius 1 is 1.15 bits per heavy atom. The van der Waals surface area contributed by atoms with Crippen molar-refractivity contribution in [2.45, 2.75) is 44.0 Å². The molecular formula is C28H32ClFN6O3S2. The fourth-order valence-corrected chi connectivity index (χ4v) is 6.50. The number of carbonyl (C=O) groups is 2. The first kappa shape index (κ1) is 29.7. The van der Waals surface area contributed by atoms with Crippen molar-refractivity contribution in [2.24, 2.45) is 0 Å². The summed E-state index contributed by atoms with van der Waals surface area (Å²) in [5.41, 5.74) is 1.38. The van der Waals surface area contributed by atoms with Gasteiger partial charge in [0.25, 0.3) is 0 Å². The number of benzene rings is 2. The predicted molar refractivity (Wildman–Crippen MR) is 161 cm³/mol. The molecule has 2 saturated heterocycles. The molecule has 2 atom stereocenters. The first-order valence-electron chi connectivity index (χ1n) is 13.3. The largest absolute Gasteiger partial charge is 0.490 e. The fraction of sp³-hybridized carbons (Fsp3) is 0.393. The minimum absolute atomic E-state index is 0.0756. The average Bonchev–Trinajstić information content (AvgIpc) is 3.45. The number of likely N-dealkylation sites (N-methyl/N-ethyl adjacent to an activating group) is 1. The Bertz CT molecular complexity index is 1370. The number of piperidine rings is 1. The standard InChI is InChI=1S/C28H32ClFN6O3S2/c1-35-11-9-20(10-12-35)39-19-6-3-17(4-7-19)28-32-16-21(40-28)15-31-26(37)24-14-25(36(2)41-34-24)27(38)33-18-5-8-23(30)22(29)13-18/h3-8,13,16,20,24-25,34H,9-12,14-15H2,1-2H3,(H,31,37)(H,33,38). The third-order valence-corrected chi connectivity index (χ3v) is 9.37. The number of nitrogens with one attached hydrogen (secondary N) is 3. The number of carbonyl (C=O) groups excluding carboxylic acids is 2. The summed E-state index contributed by atoms with van der Waals surface area (Å²) in [5.74, 6) is -0.213. The number of rotatable bonds is 8. The second kappa shape index (κ2) is 13.5. The molecule has 2 aliphatic heterocycles. The maximum absolute atomic E-state index is 13.5. The Morgan fingerprint density at radius 2 is 1.90 bits per heavy atom. The van der Waals surface area contributed by atoms with Gasteiger partial charge < -0.3 is 20.3 Å². The second-order valence-corrected chi connectivity index (χ2v) is 12.7. The molecule has 2 fully saturated rings. The van der Waals surface area contributed by atoms with Crippen LogP contribution in [0.4, 0.5) is 10.1 Å². The maximum atomic E-state index is 13.5. The zero-order valence-electron chi connectivity index (χ0n) is 22.7. The van der Waals surface area contributed by atoms with Crippen molar-refractivity contribution in [2.75, 3.05) is 32.5 Å². The molecule has 9 nitrogen and oxygen atoms in total. The highest BCUT2D eigenvalue weighted by atomic mass is 35.5. The molecule has 0 bridgehead atoms. The zero-order valence-corrected chi connectivity index (χ0v) is 25.1. The number of hydrogen-bond acceptors (Lipinski definition) is 9. The Balaban J connectivity index is 1.11. The van der Waals surface area contributed by atoms with E-state index in [0.29, 0.717) is 12.2 Å². The van der Waals surface area contributed by atoms with Crippen LogP contribution >= 0.6 is 35.1 Å². The van der Waals surface area contributed by atoms with E-state index in [4.69, 9.17) is 16.3 Å². The van der Waals surface area contributed by atoms with E-state index in [1.54, 1.807) is 17.5 Å². The predicted octanol–water partition coefficient (Wildman–Crippen LogP) is 4.56. The Kier molecular flexibility index (Phi) is 9.79. The molecule has 218 valence electrons. The lowest BCUT2D eigenvalue weighted by atomic mass is 10.1. The number of hydrogen-bond donors (Lipinski definition) is 3. The molecule has 0 spiro atoms. The lowest BCUT2D eigenvalue weighted by Gasteiger charge is -2.34. The van der Waals surface area contributed by atoms with Crippen LogP contribution < -0.4 is 20.1 Å². The Labute approximate surface area is 252 Å². The van der Waals surface area contributed by atoms with Gasteiger partial charge in [-0.05, 0) is 75.8 Å². The number of ether oxygens (including phenoxy) is 1. The van der Waals surface area contributed by atoms with Crippen LogP contribution in [0.3, 0.4) is 0 Å². The maximum Gasteiger partial charge on any atom is 0.242 e. The summed E-state index contributed by atoms with van der Waals surface area (Å²) in [5, 5.41) is 6.49. The van der Waals surface area contributed by atoms with Crippen molar-refractivity contribution < 1.29 is 18.7 Å². The molecule has 0 aliphatic carbocycles. The van der Waals surface area contributed by atoms with Gasteiger partial charge in [0.15, 0.2) is 0 Å². The number of anilines is 1. The van der Waals surface area contributed by atoms with Crippen molar-refractivity contribution in [3.8, 4) is 16.3 Å². The monoisotopic (exact) mass is 618 g/mol. The third kappa shape index (κ3) is 7.76. The van der Waals surface area contributed by atoms with Crippen LogP contribution in [0.1, 0.15) is 24.1 Å². The smallest absolute Gasteiger partial charge is 0.242 e. The highest BCUT2D eigenvalue weighted by Crippen LogP contribution is 2.29. The van der Waals surface area contributed by atoms with Gasteiger partial charge in [0.1, 0.15) is 28.7 Å².